The van der Waals surface area contributed by atoms with Crippen molar-refractivity contribution in [2.45, 2.75) is 38.6 Å². The molecule has 3 heteroatoms. The van der Waals surface area contributed by atoms with E-state index in [1.165, 1.54) is 31.2 Å². The number of halogens is 1. The van der Waals surface area contributed by atoms with Crippen LogP contribution in [-0.4, -0.2) is 19.2 Å². The lowest BCUT2D eigenvalue weighted by molar-refractivity contribution is 0.303. The molecule has 1 N–H and O–H groups in total. The molecule has 17 heavy (non-hydrogen) atoms. The fourth-order valence-corrected chi connectivity index (χ4v) is 2.62. The van der Waals surface area contributed by atoms with Crippen LogP contribution in [0.3, 0.4) is 0 Å². The number of ether oxygens (including phenoxy) is 1. The van der Waals surface area contributed by atoms with E-state index in [1.54, 1.807) is 0 Å². The fraction of sp³-hybridized carbons (Fsp3) is 0.571. The third kappa shape index (κ3) is 4.00. The molecular weight excluding hydrogens is 278 g/mol. The molecule has 2 rings (SSSR count). The normalized spacial score (nSPS) is 16.4. The second-order valence-electron chi connectivity index (χ2n) is 4.69. The topological polar surface area (TPSA) is 21.3 Å². The molecular formula is C14H20BrNO. The number of hydrogen-bond acceptors (Lipinski definition) is 2. The van der Waals surface area contributed by atoms with E-state index in [2.05, 4.69) is 34.2 Å². The van der Waals surface area contributed by atoms with Crippen LogP contribution < -0.4 is 10.1 Å². The Hall–Kier alpha value is -0.540. The summed E-state index contributed by atoms with van der Waals surface area (Å²) in [7, 11) is 0. The van der Waals surface area contributed by atoms with Gasteiger partial charge < -0.3 is 10.1 Å². The van der Waals surface area contributed by atoms with E-state index >= 15 is 0 Å². The third-order valence-corrected chi connectivity index (χ3v) is 3.79. The molecule has 1 aliphatic carbocycles. The first-order valence-electron chi connectivity index (χ1n) is 6.38. The van der Waals surface area contributed by atoms with Crippen LogP contribution in [0.1, 0.15) is 31.2 Å². The molecule has 1 fully saturated rings. The maximum Gasteiger partial charge on any atom is 0.123 e. The zero-order valence-corrected chi connectivity index (χ0v) is 11.9. The van der Waals surface area contributed by atoms with Crippen molar-refractivity contribution in [2.24, 2.45) is 0 Å². The monoisotopic (exact) mass is 297 g/mol. The highest BCUT2D eigenvalue weighted by atomic mass is 79.9. The minimum Gasteiger partial charge on any atom is -0.492 e. The van der Waals surface area contributed by atoms with Crippen molar-refractivity contribution >= 4 is 15.9 Å². The highest BCUT2D eigenvalue weighted by Gasteiger charge is 2.13. The largest absolute Gasteiger partial charge is 0.492 e. The summed E-state index contributed by atoms with van der Waals surface area (Å²) in [5, 5.41) is 3.55. The smallest absolute Gasteiger partial charge is 0.123 e. The van der Waals surface area contributed by atoms with Crippen LogP contribution in [0.25, 0.3) is 0 Å². The molecule has 94 valence electrons. The Morgan fingerprint density at radius 3 is 2.88 bits per heavy atom. The molecule has 0 aliphatic heterocycles. The van der Waals surface area contributed by atoms with Gasteiger partial charge >= 0.3 is 0 Å². The van der Waals surface area contributed by atoms with Crippen LogP contribution in [0.15, 0.2) is 22.7 Å². The van der Waals surface area contributed by atoms with Gasteiger partial charge in [0, 0.05) is 17.1 Å². The molecule has 1 saturated carbocycles. The summed E-state index contributed by atoms with van der Waals surface area (Å²) < 4.78 is 6.86. The van der Waals surface area contributed by atoms with E-state index in [1.807, 2.05) is 12.1 Å². The quantitative estimate of drug-likeness (QED) is 0.838. The van der Waals surface area contributed by atoms with Crippen LogP contribution in [0.5, 0.6) is 5.75 Å². The molecule has 1 aliphatic rings. The zero-order valence-electron chi connectivity index (χ0n) is 10.3. The summed E-state index contributed by atoms with van der Waals surface area (Å²) in [4.78, 5) is 0. The van der Waals surface area contributed by atoms with Gasteiger partial charge in [-0.1, -0.05) is 34.8 Å². The maximum absolute atomic E-state index is 5.78. The SMILES string of the molecule is Cc1ccc(Br)cc1OCCNC1CCCC1. The van der Waals surface area contributed by atoms with Gasteiger partial charge in [-0.15, -0.1) is 0 Å². The van der Waals surface area contributed by atoms with Crippen LogP contribution in [-0.2, 0) is 0 Å². The Labute approximate surface area is 112 Å². The molecule has 0 aromatic heterocycles. The predicted molar refractivity (Wildman–Crippen MR) is 74.6 cm³/mol. The van der Waals surface area contributed by atoms with Crippen molar-refractivity contribution in [2.75, 3.05) is 13.2 Å². The lowest BCUT2D eigenvalue weighted by atomic mass is 10.2. The Balaban J connectivity index is 1.72. The summed E-state index contributed by atoms with van der Waals surface area (Å²) in [6, 6.07) is 6.87. The van der Waals surface area contributed by atoms with Crippen molar-refractivity contribution in [1.82, 2.24) is 5.32 Å². The van der Waals surface area contributed by atoms with E-state index in [4.69, 9.17) is 4.74 Å². The summed E-state index contributed by atoms with van der Waals surface area (Å²) in [6.45, 7) is 3.76. The second kappa shape index (κ2) is 6.41. The van der Waals surface area contributed by atoms with E-state index < -0.39 is 0 Å². The van der Waals surface area contributed by atoms with Gasteiger partial charge in [0.05, 0.1) is 0 Å². The van der Waals surface area contributed by atoms with Crippen molar-refractivity contribution < 1.29 is 4.74 Å². The second-order valence-corrected chi connectivity index (χ2v) is 5.61. The fourth-order valence-electron chi connectivity index (χ4n) is 2.28. The van der Waals surface area contributed by atoms with Gasteiger partial charge in [0.1, 0.15) is 12.4 Å². The van der Waals surface area contributed by atoms with Gasteiger partial charge in [-0.3, -0.25) is 0 Å². The minimum atomic E-state index is 0.724. The number of rotatable bonds is 5. The van der Waals surface area contributed by atoms with Crippen LogP contribution in [0.4, 0.5) is 0 Å². The lowest BCUT2D eigenvalue weighted by Gasteiger charge is -2.13. The highest BCUT2D eigenvalue weighted by Crippen LogP contribution is 2.22. The Morgan fingerprint density at radius 1 is 1.35 bits per heavy atom. The lowest BCUT2D eigenvalue weighted by Crippen LogP contribution is -2.30. The molecule has 0 spiro atoms. The van der Waals surface area contributed by atoms with Gasteiger partial charge in [-0.2, -0.15) is 0 Å². The highest BCUT2D eigenvalue weighted by molar-refractivity contribution is 9.10. The Morgan fingerprint density at radius 2 is 2.12 bits per heavy atom. The molecule has 2 nitrogen and oxygen atoms in total. The number of aryl methyl sites for hydroxylation is 1. The van der Waals surface area contributed by atoms with E-state index in [-0.39, 0.29) is 0 Å². The zero-order chi connectivity index (χ0) is 12.1. The summed E-state index contributed by atoms with van der Waals surface area (Å²) in [5.74, 6) is 0.979. The van der Waals surface area contributed by atoms with Crippen molar-refractivity contribution in [3.63, 3.8) is 0 Å². The first-order chi connectivity index (χ1) is 8.25. The summed E-state index contributed by atoms with van der Waals surface area (Å²) in [6.07, 6.45) is 5.42. The van der Waals surface area contributed by atoms with Gasteiger partial charge in [0.25, 0.3) is 0 Å². The molecule has 1 aromatic carbocycles. The third-order valence-electron chi connectivity index (χ3n) is 3.30. The van der Waals surface area contributed by atoms with Crippen LogP contribution >= 0.6 is 15.9 Å². The van der Waals surface area contributed by atoms with E-state index in [0.717, 1.165) is 29.4 Å². The predicted octanol–water partition coefficient (Wildman–Crippen LogP) is 3.67. The summed E-state index contributed by atoms with van der Waals surface area (Å²) in [5.41, 5.74) is 1.19. The Kier molecular flexibility index (Phi) is 4.86. The van der Waals surface area contributed by atoms with Gasteiger partial charge in [-0.05, 0) is 37.5 Å². The van der Waals surface area contributed by atoms with Crippen LogP contribution in [0.2, 0.25) is 0 Å². The minimum absolute atomic E-state index is 0.724. The molecule has 0 heterocycles. The first-order valence-corrected chi connectivity index (χ1v) is 7.17. The molecule has 1 aromatic rings. The average Bonchev–Trinajstić information content (AvgIpc) is 2.82. The molecule has 0 saturated heterocycles. The van der Waals surface area contributed by atoms with Crippen LogP contribution in [0, 0.1) is 6.92 Å². The summed E-state index contributed by atoms with van der Waals surface area (Å²) >= 11 is 3.46. The first kappa shape index (κ1) is 12.9. The molecule has 0 atom stereocenters. The molecule has 0 radical (unpaired) electrons. The van der Waals surface area contributed by atoms with Gasteiger partial charge in [-0.25, -0.2) is 0 Å². The maximum atomic E-state index is 5.78. The Bertz CT molecular complexity index is 361. The molecule has 0 unspecified atom stereocenters. The molecule has 0 amide bonds. The number of nitrogens with one attached hydrogen (secondary N) is 1. The van der Waals surface area contributed by atoms with E-state index in [9.17, 15) is 0 Å². The molecule has 0 bridgehead atoms. The van der Waals surface area contributed by atoms with Crippen molar-refractivity contribution in [1.29, 1.82) is 0 Å². The number of benzene rings is 1. The average molecular weight is 298 g/mol. The van der Waals surface area contributed by atoms with Crippen molar-refractivity contribution in [3.05, 3.63) is 28.2 Å². The van der Waals surface area contributed by atoms with Gasteiger partial charge in [0.2, 0.25) is 0 Å². The number of hydrogen-bond donors (Lipinski definition) is 1. The van der Waals surface area contributed by atoms with Gasteiger partial charge in [0.15, 0.2) is 0 Å². The standard InChI is InChI=1S/C14H20BrNO/c1-11-6-7-12(15)10-14(11)17-9-8-16-13-4-2-3-5-13/h6-7,10,13,16H,2-5,8-9H2,1H3. The van der Waals surface area contributed by atoms with E-state index in [0.29, 0.717) is 0 Å². The van der Waals surface area contributed by atoms with Crippen molar-refractivity contribution in [3.8, 4) is 5.75 Å².